The number of sulfonamides is 1. The van der Waals surface area contributed by atoms with Gasteiger partial charge in [0.2, 0.25) is 0 Å². The fourth-order valence-corrected chi connectivity index (χ4v) is 4.69. The van der Waals surface area contributed by atoms with Gasteiger partial charge in [-0.1, -0.05) is 12.1 Å². The Morgan fingerprint density at radius 2 is 1.66 bits per heavy atom. The van der Waals surface area contributed by atoms with Gasteiger partial charge >= 0.3 is 0 Å². The number of hydrogen-bond donors (Lipinski definition) is 2. The minimum absolute atomic E-state index is 0.0401. The second kappa shape index (κ2) is 8.96. The van der Waals surface area contributed by atoms with Crippen molar-refractivity contribution in [2.75, 3.05) is 28.0 Å². The van der Waals surface area contributed by atoms with E-state index in [2.05, 4.69) is 24.9 Å². The summed E-state index contributed by atoms with van der Waals surface area (Å²) in [5.74, 6) is 2.10. The first kappa shape index (κ1) is 21.8. The number of carbonyl (C=O) groups is 1. The molecule has 1 aromatic heterocycles. The van der Waals surface area contributed by atoms with Crippen molar-refractivity contribution in [1.82, 2.24) is 9.97 Å². The van der Waals surface area contributed by atoms with Crippen LogP contribution in [0.3, 0.4) is 0 Å². The molecule has 1 fully saturated rings. The summed E-state index contributed by atoms with van der Waals surface area (Å²) in [5.41, 5.74) is 1.54. The third-order valence-electron chi connectivity index (χ3n) is 5.21. The van der Waals surface area contributed by atoms with Crippen molar-refractivity contribution in [2.45, 2.75) is 31.6 Å². The van der Waals surface area contributed by atoms with E-state index in [9.17, 15) is 13.2 Å². The maximum atomic E-state index is 12.7. The van der Waals surface area contributed by atoms with Crippen LogP contribution < -0.4 is 14.9 Å². The number of nitrogens with one attached hydrogen (secondary N) is 2. The van der Waals surface area contributed by atoms with Gasteiger partial charge in [-0.05, 0) is 63.1 Å². The van der Waals surface area contributed by atoms with E-state index < -0.39 is 10.0 Å². The molecule has 166 valence electrons. The average molecular weight is 452 g/mol. The first-order chi connectivity index (χ1) is 15.3. The quantitative estimate of drug-likeness (QED) is 0.520. The predicted octanol–water partition coefficient (Wildman–Crippen LogP) is 4.13. The van der Waals surface area contributed by atoms with Crippen LogP contribution in [-0.4, -0.2) is 37.3 Å². The predicted molar refractivity (Wildman–Crippen MR) is 125 cm³/mol. The van der Waals surface area contributed by atoms with E-state index in [1.807, 2.05) is 13.0 Å². The summed E-state index contributed by atoms with van der Waals surface area (Å²) in [6.07, 6.45) is 2.34. The molecule has 32 heavy (non-hydrogen) atoms. The maximum Gasteiger partial charge on any atom is 0.261 e. The summed E-state index contributed by atoms with van der Waals surface area (Å²) in [6.45, 7) is 5.27. The molecule has 3 aromatic rings. The minimum Gasteiger partial charge on any atom is -0.356 e. The minimum atomic E-state index is -3.81. The molecule has 1 aliphatic rings. The Hall–Kier alpha value is -3.46. The summed E-state index contributed by atoms with van der Waals surface area (Å²) in [7, 11) is -3.81. The lowest BCUT2D eigenvalue weighted by molar-refractivity contribution is 0.101. The van der Waals surface area contributed by atoms with Gasteiger partial charge in [0.25, 0.3) is 10.0 Å². The van der Waals surface area contributed by atoms with Crippen LogP contribution in [0.1, 0.15) is 35.9 Å². The third-order valence-corrected chi connectivity index (χ3v) is 6.59. The molecule has 0 aliphatic carbocycles. The Bertz CT molecular complexity index is 1240. The number of ketones is 1. The number of rotatable bonds is 7. The van der Waals surface area contributed by atoms with Gasteiger partial charge in [-0.15, -0.1) is 0 Å². The lowest BCUT2D eigenvalue weighted by Crippen LogP contribution is -2.19. The number of carbonyl (C=O) groups excluding carboxylic acids is 1. The van der Waals surface area contributed by atoms with E-state index in [0.717, 1.165) is 24.6 Å². The van der Waals surface area contributed by atoms with Crippen molar-refractivity contribution >= 4 is 38.8 Å². The lowest BCUT2D eigenvalue weighted by Gasteiger charge is -2.18. The molecule has 2 heterocycles. The molecule has 0 radical (unpaired) electrons. The van der Waals surface area contributed by atoms with Crippen molar-refractivity contribution in [1.29, 1.82) is 0 Å². The Morgan fingerprint density at radius 3 is 2.34 bits per heavy atom. The Balaban J connectivity index is 1.48. The zero-order valence-corrected chi connectivity index (χ0v) is 18.8. The molecular weight excluding hydrogens is 426 g/mol. The summed E-state index contributed by atoms with van der Waals surface area (Å²) in [6, 6.07) is 14.8. The standard InChI is InChI=1S/C23H25N5O3S/c1-16(29)18-6-5-7-21(14-18)32(30,31)27-20-10-8-19(9-11-20)26-22-15-23(25-17(2)24-22)28-12-3-4-13-28/h5-11,14-15,27H,3-4,12-13H2,1-2H3,(H,24,25,26). The van der Waals surface area contributed by atoms with Crippen molar-refractivity contribution < 1.29 is 13.2 Å². The van der Waals surface area contributed by atoms with Gasteiger partial charge in [0.05, 0.1) is 4.90 Å². The van der Waals surface area contributed by atoms with Crippen LogP contribution in [-0.2, 0) is 10.0 Å². The average Bonchev–Trinajstić information content (AvgIpc) is 3.30. The maximum absolute atomic E-state index is 12.7. The Kier molecular flexibility index (Phi) is 6.09. The molecule has 0 bridgehead atoms. The number of hydrogen-bond acceptors (Lipinski definition) is 7. The van der Waals surface area contributed by atoms with E-state index in [1.54, 1.807) is 36.4 Å². The highest BCUT2D eigenvalue weighted by Crippen LogP contribution is 2.24. The molecule has 2 N–H and O–H groups in total. The lowest BCUT2D eigenvalue weighted by atomic mass is 10.2. The number of benzene rings is 2. The molecule has 1 aliphatic heterocycles. The highest BCUT2D eigenvalue weighted by Gasteiger charge is 2.17. The number of anilines is 4. The molecule has 0 spiro atoms. The second-order valence-electron chi connectivity index (χ2n) is 7.74. The van der Waals surface area contributed by atoms with Gasteiger partial charge in [0.1, 0.15) is 17.5 Å². The number of aryl methyl sites for hydroxylation is 1. The fraction of sp³-hybridized carbons (Fsp3) is 0.261. The van der Waals surface area contributed by atoms with Crippen LogP contribution >= 0.6 is 0 Å². The smallest absolute Gasteiger partial charge is 0.261 e. The molecule has 4 rings (SSSR count). The SMILES string of the molecule is CC(=O)c1cccc(S(=O)(=O)Nc2ccc(Nc3cc(N4CCCC4)nc(C)n3)cc2)c1. The highest BCUT2D eigenvalue weighted by atomic mass is 32.2. The summed E-state index contributed by atoms with van der Waals surface area (Å²) >= 11 is 0. The number of Topliss-reactive ketones (excluding diaryl/α,β-unsaturated/α-hetero) is 1. The van der Waals surface area contributed by atoms with Crippen LogP contribution in [0.2, 0.25) is 0 Å². The monoisotopic (exact) mass is 451 g/mol. The summed E-state index contributed by atoms with van der Waals surface area (Å²) in [4.78, 5) is 22.8. The largest absolute Gasteiger partial charge is 0.356 e. The zero-order chi connectivity index (χ0) is 22.7. The van der Waals surface area contributed by atoms with Crippen LogP contribution in [0.4, 0.5) is 23.0 Å². The summed E-state index contributed by atoms with van der Waals surface area (Å²) < 4.78 is 27.9. The second-order valence-corrected chi connectivity index (χ2v) is 9.43. The molecule has 0 amide bonds. The fourth-order valence-electron chi connectivity index (χ4n) is 3.59. The molecule has 0 saturated carbocycles. The number of aromatic nitrogens is 2. The van der Waals surface area contributed by atoms with Gasteiger partial charge in [0.15, 0.2) is 5.78 Å². The van der Waals surface area contributed by atoms with Gasteiger partial charge in [-0.3, -0.25) is 9.52 Å². The van der Waals surface area contributed by atoms with E-state index in [-0.39, 0.29) is 10.7 Å². The molecule has 9 heteroatoms. The van der Waals surface area contributed by atoms with Crippen molar-refractivity contribution in [2.24, 2.45) is 0 Å². The van der Waals surface area contributed by atoms with Gasteiger partial charge in [-0.25, -0.2) is 18.4 Å². The Labute approximate surface area is 187 Å². The molecule has 0 atom stereocenters. The van der Waals surface area contributed by atoms with Crippen LogP contribution in [0.15, 0.2) is 59.5 Å². The first-order valence-corrected chi connectivity index (χ1v) is 11.9. The van der Waals surface area contributed by atoms with Crippen molar-refractivity contribution in [3.8, 4) is 0 Å². The topological polar surface area (TPSA) is 104 Å². The Morgan fingerprint density at radius 1 is 0.969 bits per heavy atom. The molecule has 2 aromatic carbocycles. The molecule has 8 nitrogen and oxygen atoms in total. The highest BCUT2D eigenvalue weighted by molar-refractivity contribution is 7.92. The summed E-state index contributed by atoms with van der Waals surface area (Å²) in [5, 5.41) is 3.26. The van der Waals surface area contributed by atoms with Crippen molar-refractivity contribution in [3.63, 3.8) is 0 Å². The molecular formula is C23H25N5O3S. The third kappa shape index (κ3) is 5.05. The van der Waals surface area contributed by atoms with E-state index in [0.29, 0.717) is 22.9 Å². The van der Waals surface area contributed by atoms with Gasteiger partial charge in [0, 0.05) is 36.1 Å². The van der Waals surface area contributed by atoms with E-state index in [1.165, 1.54) is 31.9 Å². The first-order valence-electron chi connectivity index (χ1n) is 10.4. The van der Waals surface area contributed by atoms with E-state index >= 15 is 0 Å². The normalized spacial score (nSPS) is 13.8. The van der Waals surface area contributed by atoms with Crippen LogP contribution in [0, 0.1) is 6.92 Å². The van der Waals surface area contributed by atoms with Crippen molar-refractivity contribution in [3.05, 3.63) is 66.0 Å². The molecule has 1 saturated heterocycles. The van der Waals surface area contributed by atoms with Gasteiger partial charge in [-0.2, -0.15) is 0 Å². The van der Waals surface area contributed by atoms with Crippen LogP contribution in [0.5, 0.6) is 0 Å². The molecule has 0 unspecified atom stereocenters. The van der Waals surface area contributed by atoms with Crippen LogP contribution in [0.25, 0.3) is 0 Å². The van der Waals surface area contributed by atoms with E-state index in [4.69, 9.17) is 0 Å². The number of nitrogens with zero attached hydrogens (tertiary/aromatic N) is 3. The van der Waals surface area contributed by atoms with Gasteiger partial charge < -0.3 is 10.2 Å². The zero-order valence-electron chi connectivity index (χ0n) is 18.0.